The molecular formula is C19H26N6O4S. The van der Waals surface area contributed by atoms with Crippen molar-refractivity contribution < 1.29 is 17.7 Å². The zero-order chi connectivity index (χ0) is 22.1. The molecule has 0 bridgehead atoms. The van der Waals surface area contributed by atoms with Gasteiger partial charge in [0.2, 0.25) is 21.8 Å². The number of hydrogen-bond acceptors (Lipinski definition) is 7. The van der Waals surface area contributed by atoms with Crippen molar-refractivity contribution in [3.8, 4) is 0 Å². The van der Waals surface area contributed by atoms with Gasteiger partial charge in [0.25, 0.3) is 0 Å². The highest BCUT2D eigenvalue weighted by Crippen LogP contribution is 2.23. The lowest BCUT2D eigenvalue weighted by Crippen LogP contribution is -2.27. The molecule has 0 radical (unpaired) electrons. The minimum atomic E-state index is -3.54. The third-order valence-corrected chi connectivity index (χ3v) is 6.57. The van der Waals surface area contributed by atoms with Crippen molar-refractivity contribution in [1.82, 2.24) is 29.3 Å². The number of carbonyl (C=O) groups is 1. The Balaban J connectivity index is 1.76. The van der Waals surface area contributed by atoms with Gasteiger partial charge in [-0.15, -0.1) is 0 Å². The molecule has 0 saturated heterocycles. The van der Waals surface area contributed by atoms with Crippen LogP contribution in [0.2, 0.25) is 0 Å². The van der Waals surface area contributed by atoms with Crippen molar-refractivity contribution in [1.29, 1.82) is 0 Å². The number of benzene rings is 1. The van der Waals surface area contributed by atoms with Gasteiger partial charge in [-0.1, -0.05) is 5.16 Å². The number of nitrogens with one attached hydrogen (secondary N) is 1. The van der Waals surface area contributed by atoms with Crippen molar-refractivity contribution in [3.05, 3.63) is 35.7 Å². The molecule has 3 rings (SSSR count). The summed E-state index contributed by atoms with van der Waals surface area (Å²) in [4.78, 5) is 21.3. The quantitative estimate of drug-likeness (QED) is 0.573. The van der Waals surface area contributed by atoms with Crippen LogP contribution >= 0.6 is 0 Å². The Hall–Kier alpha value is -2.79. The van der Waals surface area contributed by atoms with E-state index in [1.54, 1.807) is 32.0 Å². The van der Waals surface area contributed by atoms with Crippen molar-refractivity contribution >= 4 is 27.0 Å². The Morgan fingerprint density at radius 1 is 1.30 bits per heavy atom. The van der Waals surface area contributed by atoms with Gasteiger partial charge in [-0.2, -0.15) is 4.98 Å². The molecule has 162 valence electrons. The van der Waals surface area contributed by atoms with E-state index < -0.39 is 10.0 Å². The van der Waals surface area contributed by atoms with Gasteiger partial charge >= 0.3 is 0 Å². The number of aryl methyl sites for hydroxylation is 3. The largest absolute Gasteiger partial charge is 0.345 e. The zero-order valence-electron chi connectivity index (χ0n) is 17.7. The van der Waals surface area contributed by atoms with E-state index in [0.29, 0.717) is 30.2 Å². The molecule has 11 heteroatoms. The minimum Gasteiger partial charge on any atom is -0.345 e. The maximum atomic E-state index is 12.4. The van der Waals surface area contributed by atoms with Gasteiger partial charge in [0.05, 0.1) is 15.9 Å². The number of hydrogen-bond donors (Lipinski definition) is 1. The van der Waals surface area contributed by atoms with E-state index in [4.69, 9.17) is 4.52 Å². The molecule has 1 unspecified atom stereocenters. The van der Waals surface area contributed by atoms with Crippen LogP contribution in [0.25, 0.3) is 11.0 Å². The maximum absolute atomic E-state index is 12.4. The van der Waals surface area contributed by atoms with E-state index in [9.17, 15) is 13.2 Å². The third kappa shape index (κ3) is 4.36. The van der Waals surface area contributed by atoms with Gasteiger partial charge in [0.1, 0.15) is 11.9 Å². The molecule has 0 fully saturated rings. The van der Waals surface area contributed by atoms with Crippen LogP contribution in [0.15, 0.2) is 27.6 Å². The lowest BCUT2D eigenvalue weighted by molar-refractivity contribution is -0.121. The molecule has 10 nitrogen and oxygen atoms in total. The predicted octanol–water partition coefficient (Wildman–Crippen LogP) is 1.81. The number of fused-ring (bicyclic) bond motifs is 1. The van der Waals surface area contributed by atoms with Crippen LogP contribution in [0.4, 0.5) is 0 Å². The molecule has 1 atom stereocenters. The summed E-state index contributed by atoms with van der Waals surface area (Å²) in [5, 5.41) is 6.56. The summed E-state index contributed by atoms with van der Waals surface area (Å²) in [6.07, 6.45) is 0.642. The van der Waals surface area contributed by atoms with Gasteiger partial charge in [-0.05, 0) is 39.0 Å². The molecule has 0 aliphatic carbocycles. The third-order valence-electron chi connectivity index (χ3n) is 4.76. The second-order valence-electron chi connectivity index (χ2n) is 7.18. The monoisotopic (exact) mass is 434 g/mol. The number of sulfonamides is 1. The van der Waals surface area contributed by atoms with Crippen LogP contribution in [0, 0.1) is 6.92 Å². The summed E-state index contributed by atoms with van der Waals surface area (Å²) >= 11 is 0. The topological polar surface area (TPSA) is 123 Å². The Morgan fingerprint density at radius 2 is 2.03 bits per heavy atom. The van der Waals surface area contributed by atoms with Gasteiger partial charge in [-0.3, -0.25) is 4.79 Å². The molecule has 2 heterocycles. The first-order chi connectivity index (χ1) is 14.1. The summed E-state index contributed by atoms with van der Waals surface area (Å²) in [6, 6.07) is 4.52. The molecule has 3 aromatic rings. The molecule has 0 spiro atoms. The number of amides is 1. The van der Waals surface area contributed by atoms with Crippen LogP contribution in [0.1, 0.15) is 43.8 Å². The smallest absolute Gasteiger partial charge is 0.248 e. The van der Waals surface area contributed by atoms with Crippen LogP contribution in [0.3, 0.4) is 0 Å². The number of carbonyl (C=O) groups excluding carboxylic acids is 1. The Kier molecular flexibility index (Phi) is 6.22. The summed E-state index contributed by atoms with van der Waals surface area (Å²) in [6.45, 7) is 6.13. The summed E-state index contributed by atoms with van der Waals surface area (Å²) < 4.78 is 33.0. The first kappa shape index (κ1) is 21.9. The first-order valence-corrected chi connectivity index (χ1v) is 11.1. The average Bonchev–Trinajstić information content (AvgIpc) is 3.28. The van der Waals surface area contributed by atoms with Crippen LogP contribution in [-0.4, -0.2) is 52.4 Å². The van der Waals surface area contributed by atoms with E-state index >= 15 is 0 Å². The van der Waals surface area contributed by atoms with E-state index in [2.05, 4.69) is 20.4 Å². The Morgan fingerprint density at radius 3 is 2.63 bits per heavy atom. The van der Waals surface area contributed by atoms with Gasteiger partial charge in [0, 0.05) is 33.5 Å². The number of aromatic nitrogens is 4. The maximum Gasteiger partial charge on any atom is 0.248 e. The van der Waals surface area contributed by atoms with Gasteiger partial charge in [-0.25, -0.2) is 17.7 Å². The van der Waals surface area contributed by atoms with E-state index in [-0.39, 0.29) is 23.3 Å². The van der Waals surface area contributed by atoms with Gasteiger partial charge < -0.3 is 14.4 Å². The number of rotatable bonds is 8. The van der Waals surface area contributed by atoms with Crippen molar-refractivity contribution in [2.45, 2.75) is 51.1 Å². The fourth-order valence-electron chi connectivity index (χ4n) is 3.16. The van der Waals surface area contributed by atoms with E-state index in [1.165, 1.54) is 18.4 Å². The second kappa shape index (κ2) is 8.52. The Bertz CT molecular complexity index is 1170. The second-order valence-corrected chi connectivity index (χ2v) is 9.33. The lowest BCUT2D eigenvalue weighted by Gasteiger charge is -2.11. The summed E-state index contributed by atoms with van der Waals surface area (Å²) in [7, 11) is -0.561. The van der Waals surface area contributed by atoms with Crippen LogP contribution in [-0.2, 0) is 27.8 Å². The van der Waals surface area contributed by atoms with Crippen molar-refractivity contribution in [2.75, 3.05) is 14.1 Å². The number of nitrogens with zero attached hydrogens (tertiary/aromatic N) is 5. The van der Waals surface area contributed by atoms with Crippen LogP contribution < -0.4 is 5.32 Å². The fourth-order valence-corrected chi connectivity index (χ4v) is 4.09. The molecule has 2 aromatic heterocycles. The molecule has 0 aliphatic rings. The van der Waals surface area contributed by atoms with E-state index in [0.717, 1.165) is 11.3 Å². The molecule has 1 amide bonds. The highest BCUT2D eigenvalue weighted by molar-refractivity contribution is 7.89. The summed E-state index contributed by atoms with van der Waals surface area (Å²) in [5.41, 5.74) is 1.42. The normalized spacial score (nSPS) is 13.1. The standard InChI is InChI=1S/C19H26N6O4S/c1-6-25-16-8-7-14(30(27,28)24(4)5)11-15(16)22-17(25)9-10-18(26)20-12(2)19-21-13(3)23-29-19/h7-8,11-12H,6,9-10H2,1-5H3,(H,20,26). The molecule has 1 N–H and O–H groups in total. The SMILES string of the molecule is CCn1c(CCC(=O)NC(C)c2nc(C)no2)nc2cc(S(=O)(=O)N(C)C)ccc21. The first-order valence-electron chi connectivity index (χ1n) is 9.64. The fraction of sp³-hybridized carbons (Fsp3) is 0.474. The minimum absolute atomic E-state index is 0.163. The van der Waals surface area contributed by atoms with E-state index in [1.807, 2.05) is 11.5 Å². The average molecular weight is 435 g/mol. The highest BCUT2D eigenvalue weighted by atomic mass is 32.2. The van der Waals surface area contributed by atoms with Gasteiger partial charge in [0.15, 0.2) is 5.82 Å². The van der Waals surface area contributed by atoms with Crippen LogP contribution in [0.5, 0.6) is 0 Å². The molecule has 0 saturated carbocycles. The predicted molar refractivity (Wildman–Crippen MR) is 110 cm³/mol. The number of imidazole rings is 1. The lowest BCUT2D eigenvalue weighted by atomic mass is 10.2. The Labute approximate surface area is 175 Å². The molecular weight excluding hydrogens is 408 g/mol. The molecule has 30 heavy (non-hydrogen) atoms. The molecule has 1 aromatic carbocycles. The zero-order valence-corrected chi connectivity index (χ0v) is 18.5. The molecule has 0 aliphatic heterocycles. The van der Waals surface area contributed by atoms with Crippen molar-refractivity contribution in [3.63, 3.8) is 0 Å². The van der Waals surface area contributed by atoms with Crippen molar-refractivity contribution in [2.24, 2.45) is 0 Å². The highest BCUT2D eigenvalue weighted by Gasteiger charge is 2.20. The summed E-state index contributed by atoms with van der Waals surface area (Å²) in [5.74, 6) is 1.43.